The highest BCUT2D eigenvalue weighted by Gasteiger charge is 2.32. The third-order valence-corrected chi connectivity index (χ3v) is 14.2. The highest BCUT2D eigenvalue weighted by molar-refractivity contribution is 7.26. The summed E-state index contributed by atoms with van der Waals surface area (Å²) < 4.78 is 5.11. The van der Waals surface area contributed by atoms with Gasteiger partial charge in [-0.1, -0.05) is 164 Å². The van der Waals surface area contributed by atoms with Crippen molar-refractivity contribution in [1.29, 1.82) is 0 Å². The quantitative estimate of drug-likeness (QED) is 0.165. The Hall–Kier alpha value is -6.95. The standard InChI is InChI=1S/C56H42N4S/c1-56(60-49-21-11-8-18-42(49)43-19-9-12-22-50(43)60)32-30-38(31-33-56)47-35-46(58-55(59-47)40-16-6-3-7-17-40)37-24-26-39(27-25-37)53-54-52(45-20-10-13-23-51(45)61-54)44-29-28-41(34-48(44)57-53)36-14-4-2-5-15-36/h2-26,28-32,34,39,46H,27,33,35H2,1H3. The average Bonchev–Trinajstić information content (AvgIpc) is 3.89. The molecule has 3 atom stereocenters. The number of aliphatic imine (C=N–C) groups is 2. The van der Waals surface area contributed by atoms with Crippen LogP contribution in [0.4, 0.5) is 0 Å². The van der Waals surface area contributed by atoms with Crippen molar-refractivity contribution < 1.29 is 0 Å². The first-order valence-electron chi connectivity index (χ1n) is 21.4. The second-order valence-corrected chi connectivity index (χ2v) is 17.9. The number of hydrogen-bond donors (Lipinski definition) is 0. The van der Waals surface area contributed by atoms with E-state index in [4.69, 9.17) is 15.0 Å². The Labute approximate surface area is 359 Å². The fourth-order valence-electron chi connectivity index (χ4n) is 9.91. The summed E-state index contributed by atoms with van der Waals surface area (Å²) in [5, 5.41) is 6.42. The largest absolute Gasteiger partial charge is 0.331 e. The van der Waals surface area contributed by atoms with E-state index in [0.717, 1.165) is 47.6 Å². The number of fused-ring (bicyclic) bond motifs is 8. The van der Waals surface area contributed by atoms with Crippen LogP contribution in [0.1, 0.15) is 43.4 Å². The van der Waals surface area contributed by atoms with Crippen LogP contribution in [-0.2, 0) is 5.54 Å². The fourth-order valence-corrected chi connectivity index (χ4v) is 11.2. The molecule has 0 N–H and O–H groups in total. The van der Waals surface area contributed by atoms with Crippen LogP contribution in [0.25, 0.3) is 64.0 Å². The number of thiophene rings is 1. The van der Waals surface area contributed by atoms with E-state index in [-0.39, 0.29) is 17.5 Å². The van der Waals surface area contributed by atoms with Crippen molar-refractivity contribution >= 4 is 75.8 Å². The van der Waals surface area contributed by atoms with E-state index in [0.29, 0.717) is 0 Å². The first-order chi connectivity index (χ1) is 30.1. The normalized spacial score (nSPS) is 20.3. The minimum atomic E-state index is -0.222. The summed E-state index contributed by atoms with van der Waals surface area (Å²) in [6, 6.07) is 54.2. The summed E-state index contributed by atoms with van der Waals surface area (Å²) in [6.45, 7) is 2.35. The zero-order valence-corrected chi connectivity index (χ0v) is 34.7. The van der Waals surface area contributed by atoms with E-state index < -0.39 is 0 Å². The van der Waals surface area contributed by atoms with Gasteiger partial charge in [0.05, 0.1) is 33.2 Å². The third kappa shape index (κ3) is 6.06. The second kappa shape index (κ2) is 14.4. The van der Waals surface area contributed by atoms with Crippen LogP contribution in [0.3, 0.4) is 0 Å². The van der Waals surface area contributed by atoms with Crippen molar-refractivity contribution in [2.45, 2.75) is 43.7 Å². The molecule has 4 heterocycles. The zero-order valence-electron chi connectivity index (χ0n) is 33.9. The lowest BCUT2D eigenvalue weighted by Crippen LogP contribution is -2.30. The number of amidine groups is 1. The number of allylic oxidation sites excluding steroid dienone is 6. The number of rotatable bonds is 6. The van der Waals surface area contributed by atoms with E-state index in [1.807, 2.05) is 11.3 Å². The summed E-state index contributed by atoms with van der Waals surface area (Å²) in [5.41, 5.74) is 11.5. The van der Waals surface area contributed by atoms with Crippen LogP contribution in [-0.4, -0.2) is 27.1 Å². The van der Waals surface area contributed by atoms with Crippen LogP contribution in [0.15, 0.2) is 209 Å². The molecule has 3 aliphatic rings. The van der Waals surface area contributed by atoms with Crippen molar-refractivity contribution in [2.75, 3.05) is 0 Å². The van der Waals surface area contributed by atoms with Gasteiger partial charge in [0.2, 0.25) is 0 Å². The maximum atomic E-state index is 5.50. The predicted molar refractivity (Wildman–Crippen MR) is 258 cm³/mol. The minimum Gasteiger partial charge on any atom is -0.331 e. The van der Waals surface area contributed by atoms with Crippen molar-refractivity contribution in [1.82, 2.24) is 9.55 Å². The molecule has 0 fully saturated rings. The highest BCUT2D eigenvalue weighted by atomic mass is 32.1. The molecule has 0 radical (unpaired) electrons. The Morgan fingerprint density at radius 1 is 0.656 bits per heavy atom. The zero-order chi connectivity index (χ0) is 40.5. The lowest BCUT2D eigenvalue weighted by molar-refractivity contribution is 0.436. The lowest BCUT2D eigenvalue weighted by atomic mass is 9.84. The van der Waals surface area contributed by atoms with Gasteiger partial charge < -0.3 is 4.57 Å². The molecule has 6 aromatic carbocycles. The molecule has 0 saturated carbocycles. The van der Waals surface area contributed by atoms with Crippen molar-refractivity contribution in [3.63, 3.8) is 0 Å². The van der Waals surface area contributed by atoms with E-state index in [1.165, 1.54) is 69.6 Å². The van der Waals surface area contributed by atoms with Gasteiger partial charge in [-0.2, -0.15) is 0 Å². The number of pyridine rings is 1. The average molecular weight is 803 g/mol. The lowest BCUT2D eigenvalue weighted by Gasteiger charge is -2.33. The second-order valence-electron chi connectivity index (χ2n) is 16.8. The van der Waals surface area contributed by atoms with Crippen LogP contribution >= 0.6 is 11.3 Å². The van der Waals surface area contributed by atoms with Gasteiger partial charge in [-0.15, -0.1) is 11.3 Å². The van der Waals surface area contributed by atoms with Gasteiger partial charge >= 0.3 is 0 Å². The Balaban J connectivity index is 0.880. The number of hydrogen-bond acceptors (Lipinski definition) is 4. The summed E-state index contributed by atoms with van der Waals surface area (Å²) in [5.74, 6) is 0.951. The fraction of sp³-hybridized carbons (Fsp3) is 0.125. The third-order valence-electron chi connectivity index (χ3n) is 13.0. The summed E-state index contributed by atoms with van der Waals surface area (Å²) in [4.78, 5) is 16.1. The van der Waals surface area contributed by atoms with Gasteiger partial charge in [-0.05, 0) is 66.3 Å². The Morgan fingerprint density at radius 2 is 1.34 bits per heavy atom. The smallest absolute Gasteiger partial charge is 0.155 e. The molecule has 0 saturated heterocycles. The monoisotopic (exact) mass is 802 g/mol. The van der Waals surface area contributed by atoms with Gasteiger partial charge in [0.25, 0.3) is 0 Å². The Kier molecular flexibility index (Phi) is 8.46. The van der Waals surface area contributed by atoms with Gasteiger partial charge in [0.1, 0.15) is 0 Å². The number of aromatic nitrogens is 2. The maximum Gasteiger partial charge on any atom is 0.155 e. The van der Waals surface area contributed by atoms with Crippen molar-refractivity contribution in [3.05, 3.63) is 211 Å². The molecule has 2 aliphatic carbocycles. The molecule has 4 nitrogen and oxygen atoms in total. The van der Waals surface area contributed by atoms with Gasteiger partial charge in [-0.3, -0.25) is 9.98 Å². The summed E-state index contributed by atoms with van der Waals surface area (Å²) >= 11 is 1.87. The first-order valence-corrected chi connectivity index (χ1v) is 22.2. The molecule has 1 aliphatic heterocycles. The molecule has 0 spiro atoms. The maximum absolute atomic E-state index is 5.50. The minimum absolute atomic E-state index is 0.0396. The Morgan fingerprint density at radius 3 is 2.05 bits per heavy atom. The van der Waals surface area contributed by atoms with Crippen LogP contribution in [0.2, 0.25) is 0 Å². The van der Waals surface area contributed by atoms with E-state index in [9.17, 15) is 0 Å². The molecule has 3 aromatic heterocycles. The molecule has 5 heteroatoms. The van der Waals surface area contributed by atoms with Gasteiger partial charge in [0, 0.05) is 60.6 Å². The molecule has 0 bridgehead atoms. The molecule has 61 heavy (non-hydrogen) atoms. The van der Waals surface area contributed by atoms with E-state index >= 15 is 0 Å². The SMILES string of the molecule is CC1(n2c3ccccc3c3ccccc32)C=CC(C2=NC(c3ccccc3)=NC(C3=CCC(c4nc5cc(-c6ccccc6)ccc5c5c4sc4ccccc45)C=C3)C2)=CC1. The number of benzene rings is 6. The molecular formula is C56H42N4S. The molecule has 292 valence electrons. The van der Waals surface area contributed by atoms with Gasteiger partial charge in [-0.25, -0.2) is 4.99 Å². The van der Waals surface area contributed by atoms with Crippen LogP contribution < -0.4 is 0 Å². The number of nitrogens with zero attached hydrogens (tertiary/aromatic N) is 4. The number of para-hydroxylation sites is 2. The predicted octanol–water partition coefficient (Wildman–Crippen LogP) is 14.3. The van der Waals surface area contributed by atoms with Gasteiger partial charge in [0.15, 0.2) is 5.84 Å². The summed E-state index contributed by atoms with van der Waals surface area (Å²) in [7, 11) is 0. The summed E-state index contributed by atoms with van der Waals surface area (Å²) in [6.07, 6.45) is 16.7. The first kappa shape index (κ1) is 35.9. The van der Waals surface area contributed by atoms with Crippen LogP contribution in [0.5, 0.6) is 0 Å². The Bertz CT molecular complexity index is 3360. The molecule has 0 amide bonds. The van der Waals surface area contributed by atoms with Crippen molar-refractivity contribution in [3.8, 4) is 11.1 Å². The topological polar surface area (TPSA) is 42.5 Å². The van der Waals surface area contributed by atoms with Crippen LogP contribution in [0, 0.1) is 0 Å². The molecule has 3 unspecified atom stereocenters. The van der Waals surface area contributed by atoms with Crippen molar-refractivity contribution in [2.24, 2.45) is 9.98 Å². The highest BCUT2D eigenvalue weighted by Crippen LogP contribution is 2.45. The van der Waals surface area contributed by atoms with E-state index in [2.05, 4.69) is 200 Å². The molecular weight excluding hydrogens is 761 g/mol. The van der Waals surface area contributed by atoms with E-state index in [1.54, 1.807) is 0 Å². The molecule has 9 aromatic rings. The molecule has 12 rings (SSSR count).